The van der Waals surface area contributed by atoms with Gasteiger partial charge in [-0.15, -0.1) is 11.6 Å². The number of ether oxygens (including phenoxy) is 3. The molecule has 0 heterocycles. The van der Waals surface area contributed by atoms with Gasteiger partial charge in [0.25, 0.3) is 0 Å². The first-order valence-corrected chi connectivity index (χ1v) is 11.5. The van der Waals surface area contributed by atoms with Crippen LogP contribution in [0.25, 0.3) is 0 Å². The Labute approximate surface area is 195 Å². The molecule has 0 spiro atoms. The normalized spacial score (nSPS) is 13.6. The van der Waals surface area contributed by atoms with Crippen molar-refractivity contribution in [3.8, 4) is 11.5 Å². The lowest BCUT2D eigenvalue weighted by Crippen LogP contribution is -2.24. The predicted octanol–water partition coefficient (Wildman–Crippen LogP) is 3.52. The zero-order valence-corrected chi connectivity index (χ0v) is 19.6. The van der Waals surface area contributed by atoms with Crippen molar-refractivity contribution in [2.24, 2.45) is 0 Å². The van der Waals surface area contributed by atoms with Crippen LogP contribution in [-0.2, 0) is 10.2 Å². The lowest BCUT2D eigenvalue weighted by atomic mass is 9.78. The standard InChI is InChI=1S/C25H35ClO6/c1-25(2,19-5-9-23(10-6-19)31-17-21(28)15-26)20-7-11-24(12-8-20)32-18-22(29)16-30-14-4-3-13-27/h5-12,21-22,27-29H,3-4,13-18H2,1-2H3. The molecule has 7 heteroatoms. The predicted molar refractivity (Wildman–Crippen MR) is 126 cm³/mol. The van der Waals surface area contributed by atoms with Crippen LogP contribution in [0.1, 0.15) is 37.8 Å². The topological polar surface area (TPSA) is 88.4 Å². The van der Waals surface area contributed by atoms with E-state index < -0.39 is 12.2 Å². The van der Waals surface area contributed by atoms with Crippen LogP contribution in [-0.4, -0.2) is 66.4 Å². The minimum absolute atomic E-state index is 0.142. The van der Waals surface area contributed by atoms with Crippen LogP contribution in [0.2, 0.25) is 0 Å². The van der Waals surface area contributed by atoms with Gasteiger partial charge in [-0.25, -0.2) is 0 Å². The Balaban J connectivity index is 1.86. The molecule has 2 unspecified atom stereocenters. The molecular formula is C25H35ClO6. The fourth-order valence-corrected chi connectivity index (χ4v) is 3.20. The number of hydrogen-bond acceptors (Lipinski definition) is 6. The highest BCUT2D eigenvalue weighted by Gasteiger charge is 2.23. The lowest BCUT2D eigenvalue weighted by Gasteiger charge is -2.26. The molecule has 0 saturated heterocycles. The molecule has 0 bridgehead atoms. The molecule has 0 saturated carbocycles. The molecule has 6 nitrogen and oxygen atoms in total. The number of rotatable bonds is 15. The number of aliphatic hydroxyl groups is 3. The highest BCUT2D eigenvalue weighted by atomic mass is 35.5. The van der Waals surface area contributed by atoms with E-state index in [1.165, 1.54) is 0 Å². The van der Waals surface area contributed by atoms with Crippen LogP contribution >= 0.6 is 11.6 Å². The third-order valence-electron chi connectivity index (χ3n) is 5.22. The summed E-state index contributed by atoms with van der Waals surface area (Å²) in [5, 5.41) is 28.2. The van der Waals surface area contributed by atoms with Crippen molar-refractivity contribution in [3.63, 3.8) is 0 Å². The van der Waals surface area contributed by atoms with Gasteiger partial charge in [0.05, 0.1) is 12.5 Å². The molecule has 0 radical (unpaired) electrons. The highest BCUT2D eigenvalue weighted by molar-refractivity contribution is 6.18. The van der Waals surface area contributed by atoms with Gasteiger partial charge in [0.2, 0.25) is 0 Å². The molecule has 0 fully saturated rings. The number of hydrogen-bond donors (Lipinski definition) is 3. The SMILES string of the molecule is CC(C)(c1ccc(OCC(O)CCl)cc1)c1ccc(OCC(O)COCCCCO)cc1. The van der Waals surface area contributed by atoms with Crippen LogP contribution < -0.4 is 9.47 Å². The number of unbranched alkanes of at least 4 members (excludes halogenated alkanes) is 1. The van der Waals surface area contributed by atoms with Crippen LogP contribution in [0.3, 0.4) is 0 Å². The van der Waals surface area contributed by atoms with Crippen molar-refractivity contribution in [1.29, 1.82) is 0 Å². The maximum atomic E-state index is 9.97. The second-order valence-electron chi connectivity index (χ2n) is 8.26. The van der Waals surface area contributed by atoms with Crippen molar-refractivity contribution in [3.05, 3.63) is 59.7 Å². The van der Waals surface area contributed by atoms with E-state index in [-0.39, 0.29) is 37.7 Å². The van der Waals surface area contributed by atoms with E-state index in [4.69, 9.17) is 30.9 Å². The van der Waals surface area contributed by atoms with Crippen molar-refractivity contribution in [1.82, 2.24) is 0 Å². The third kappa shape index (κ3) is 8.60. The fraction of sp³-hybridized carbons (Fsp3) is 0.520. The molecular weight excluding hydrogens is 432 g/mol. The summed E-state index contributed by atoms with van der Waals surface area (Å²) in [6.45, 7) is 5.50. The Morgan fingerprint density at radius 3 is 1.75 bits per heavy atom. The minimum atomic E-state index is -0.702. The van der Waals surface area contributed by atoms with Gasteiger partial charge in [0.1, 0.15) is 36.9 Å². The summed E-state index contributed by atoms with van der Waals surface area (Å²) >= 11 is 5.59. The average molecular weight is 467 g/mol. The largest absolute Gasteiger partial charge is 0.491 e. The van der Waals surface area contributed by atoms with E-state index in [1.54, 1.807) is 0 Å². The highest BCUT2D eigenvalue weighted by Crippen LogP contribution is 2.33. The van der Waals surface area contributed by atoms with Crippen molar-refractivity contribution in [2.45, 2.75) is 44.3 Å². The monoisotopic (exact) mass is 466 g/mol. The molecule has 32 heavy (non-hydrogen) atoms. The van der Waals surface area contributed by atoms with Crippen molar-refractivity contribution < 1.29 is 29.5 Å². The van der Waals surface area contributed by atoms with E-state index in [1.807, 2.05) is 48.5 Å². The molecule has 0 aliphatic heterocycles. The van der Waals surface area contributed by atoms with E-state index in [0.717, 1.165) is 17.5 Å². The number of halogens is 1. The first-order valence-electron chi connectivity index (χ1n) is 10.9. The van der Waals surface area contributed by atoms with Gasteiger partial charge >= 0.3 is 0 Å². The maximum Gasteiger partial charge on any atom is 0.119 e. The first kappa shape index (κ1) is 26.4. The third-order valence-corrected chi connectivity index (χ3v) is 5.58. The van der Waals surface area contributed by atoms with Crippen LogP contribution in [0.15, 0.2) is 48.5 Å². The van der Waals surface area contributed by atoms with Gasteiger partial charge in [-0.3, -0.25) is 0 Å². The second-order valence-corrected chi connectivity index (χ2v) is 8.57. The zero-order valence-electron chi connectivity index (χ0n) is 18.9. The van der Waals surface area contributed by atoms with E-state index >= 15 is 0 Å². The van der Waals surface area contributed by atoms with E-state index in [2.05, 4.69) is 13.8 Å². The van der Waals surface area contributed by atoms with Gasteiger partial charge in [-0.2, -0.15) is 0 Å². The molecule has 2 aromatic rings. The summed E-state index contributed by atoms with van der Waals surface area (Å²) < 4.78 is 16.6. The summed E-state index contributed by atoms with van der Waals surface area (Å²) in [7, 11) is 0. The number of alkyl halides is 1. The van der Waals surface area contributed by atoms with Crippen molar-refractivity contribution >= 4 is 11.6 Å². The van der Waals surface area contributed by atoms with Gasteiger partial charge in [0.15, 0.2) is 0 Å². The Kier molecular flexibility index (Phi) is 11.3. The molecule has 0 aromatic heterocycles. The summed E-state index contributed by atoms with van der Waals surface area (Å²) in [6.07, 6.45) is 0.0886. The Bertz CT molecular complexity index is 763. The number of benzene rings is 2. The summed E-state index contributed by atoms with van der Waals surface area (Å²) in [5.74, 6) is 1.52. The quantitative estimate of drug-likeness (QED) is 0.275. The van der Waals surface area contributed by atoms with Crippen LogP contribution in [0.5, 0.6) is 11.5 Å². The molecule has 0 aliphatic rings. The number of aliphatic hydroxyl groups excluding tert-OH is 3. The van der Waals surface area contributed by atoms with Crippen LogP contribution in [0, 0.1) is 0 Å². The summed E-state index contributed by atoms with van der Waals surface area (Å²) in [5.41, 5.74) is 2.03. The zero-order chi connectivity index (χ0) is 23.4. The molecule has 2 aromatic carbocycles. The molecule has 0 amide bonds. The molecule has 2 atom stereocenters. The lowest BCUT2D eigenvalue weighted by molar-refractivity contribution is 0.0103. The van der Waals surface area contributed by atoms with Gasteiger partial charge < -0.3 is 29.5 Å². The first-order chi connectivity index (χ1) is 15.4. The Hall–Kier alpha value is -1.83. The van der Waals surface area contributed by atoms with Crippen molar-refractivity contribution in [2.75, 3.05) is 38.9 Å². The second kappa shape index (κ2) is 13.7. The summed E-state index contributed by atoms with van der Waals surface area (Å²) in [4.78, 5) is 0. The van der Waals surface area contributed by atoms with Gasteiger partial charge in [0, 0.05) is 18.6 Å². The van der Waals surface area contributed by atoms with E-state index in [0.29, 0.717) is 24.5 Å². The Morgan fingerprint density at radius 1 is 0.781 bits per heavy atom. The molecule has 0 aliphatic carbocycles. The fourth-order valence-electron chi connectivity index (χ4n) is 3.12. The average Bonchev–Trinajstić information content (AvgIpc) is 2.81. The molecule has 3 N–H and O–H groups in total. The summed E-state index contributed by atoms with van der Waals surface area (Å²) in [6, 6.07) is 15.7. The molecule has 2 rings (SSSR count). The van der Waals surface area contributed by atoms with Gasteiger partial charge in [-0.05, 0) is 48.2 Å². The van der Waals surface area contributed by atoms with E-state index in [9.17, 15) is 10.2 Å². The van der Waals surface area contributed by atoms with Gasteiger partial charge in [-0.1, -0.05) is 38.1 Å². The maximum absolute atomic E-state index is 9.97. The Morgan fingerprint density at radius 2 is 1.28 bits per heavy atom. The van der Waals surface area contributed by atoms with Crippen LogP contribution in [0.4, 0.5) is 0 Å². The smallest absolute Gasteiger partial charge is 0.119 e. The molecule has 178 valence electrons. The minimum Gasteiger partial charge on any atom is -0.491 e.